The first-order valence-corrected chi connectivity index (χ1v) is 8.38. The largest absolute Gasteiger partial charge is 0.286 e. The maximum atomic E-state index is 9.86. The number of rotatable bonds is 3. The summed E-state index contributed by atoms with van der Waals surface area (Å²) in [6, 6.07) is 0. The molecule has 0 aromatic carbocycles. The van der Waals surface area contributed by atoms with Crippen molar-refractivity contribution in [3.63, 3.8) is 0 Å². The summed E-state index contributed by atoms with van der Waals surface area (Å²) in [5.74, 6) is -1.96. The van der Waals surface area contributed by atoms with Crippen molar-refractivity contribution in [1.82, 2.24) is 4.98 Å². The highest BCUT2D eigenvalue weighted by Gasteiger charge is 2.11. The maximum absolute atomic E-state index is 9.86. The summed E-state index contributed by atoms with van der Waals surface area (Å²) in [5, 5.41) is 0. The molecule has 0 aliphatic rings. The van der Waals surface area contributed by atoms with Crippen LogP contribution in [0.2, 0.25) is 0 Å². The lowest BCUT2D eigenvalue weighted by atomic mass is 10.4. The Labute approximate surface area is 104 Å². The van der Waals surface area contributed by atoms with Crippen molar-refractivity contribution in [1.29, 1.82) is 0 Å². The summed E-state index contributed by atoms with van der Waals surface area (Å²) >= 11 is 1.69. The fourth-order valence-electron chi connectivity index (χ4n) is 0.571. The highest BCUT2D eigenvalue weighted by Crippen LogP contribution is 2.07. The Balaban J connectivity index is 0.000000318. The van der Waals surface area contributed by atoms with Crippen molar-refractivity contribution >= 4 is 31.6 Å². The Morgan fingerprint density at radius 2 is 1.53 bits per heavy atom. The van der Waals surface area contributed by atoms with Gasteiger partial charge in [-0.15, -0.1) is 11.3 Å². The Bertz CT molecular complexity index is 495. The van der Waals surface area contributed by atoms with Crippen molar-refractivity contribution in [2.75, 3.05) is 11.5 Å². The second-order valence-corrected chi connectivity index (χ2v) is 7.27. The fourth-order valence-corrected chi connectivity index (χ4v) is 2.85. The van der Waals surface area contributed by atoms with Crippen LogP contribution >= 0.6 is 11.3 Å². The van der Waals surface area contributed by atoms with Gasteiger partial charge in [0.1, 0.15) is 0 Å². The van der Waals surface area contributed by atoms with E-state index < -0.39 is 31.7 Å². The van der Waals surface area contributed by atoms with Gasteiger partial charge in [-0.2, -0.15) is 16.8 Å². The number of hydrogen-bond acceptors (Lipinski definition) is 6. The van der Waals surface area contributed by atoms with Gasteiger partial charge < -0.3 is 0 Å². The van der Waals surface area contributed by atoms with E-state index in [2.05, 4.69) is 11.9 Å². The van der Waals surface area contributed by atoms with Gasteiger partial charge >= 0.3 is 0 Å². The average molecular weight is 303 g/mol. The van der Waals surface area contributed by atoms with Crippen LogP contribution in [0.3, 0.4) is 0 Å². The van der Waals surface area contributed by atoms with E-state index in [-0.39, 0.29) is 0 Å². The van der Waals surface area contributed by atoms with Crippen molar-refractivity contribution in [3.05, 3.63) is 16.1 Å². The third-order valence-corrected chi connectivity index (χ3v) is 4.14. The summed E-state index contributed by atoms with van der Waals surface area (Å²) in [6.07, 6.45) is 0. The molecule has 0 amide bonds. The first-order valence-electron chi connectivity index (χ1n) is 4.28. The van der Waals surface area contributed by atoms with Gasteiger partial charge in [-0.1, -0.05) is 0 Å². The van der Waals surface area contributed by atoms with E-state index >= 15 is 0 Å². The van der Waals surface area contributed by atoms with Gasteiger partial charge in [-0.05, 0) is 13.8 Å². The van der Waals surface area contributed by atoms with E-state index in [9.17, 15) is 16.8 Å². The molecule has 0 fully saturated rings. The van der Waals surface area contributed by atoms with E-state index in [0.717, 1.165) is 5.69 Å². The number of aryl methyl sites for hydroxylation is 2. The standard InChI is InChI=1S/C5H7NS.C2H6O6S2/c1-4-5(2)7-3-6-4;3-9(4,5)1-2-10(6,7)8/h3H,1-2H3;1-2H2,(H,3,4,5)(H,6,7,8). The lowest BCUT2D eigenvalue weighted by molar-refractivity contribution is 0.472. The summed E-state index contributed by atoms with van der Waals surface area (Å²) in [4.78, 5) is 5.35. The topological polar surface area (TPSA) is 122 Å². The van der Waals surface area contributed by atoms with Gasteiger partial charge in [0.2, 0.25) is 0 Å². The lowest BCUT2D eigenvalue weighted by Crippen LogP contribution is -2.15. The monoisotopic (exact) mass is 303 g/mol. The molecule has 0 saturated heterocycles. The molecule has 0 unspecified atom stereocenters. The first-order chi connectivity index (χ1) is 7.51. The van der Waals surface area contributed by atoms with E-state index in [4.69, 9.17) is 9.11 Å². The summed E-state index contributed by atoms with van der Waals surface area (Å²) < 4.78 is 55.4. The molecule has 0 aliphatic carbocycles. The molecule has 0 saturated carbocycles. The Morgan fingerprint density at radius 3 is 1.65 bits per heavy atom. The second kappa shape index (κ2) is 6.40. The number of hydrogen-bond donors (Lipinski definition) is 2. The van der Waals surface area contributed by atoms with E-state index in [1.807, 2.05) is 12.4 Å². The minimum absolute atomic E-state index is 0.980. The predicted molar refractivity (Wildman–Crippen MR) is 64.4 cm³/mol. The van der Waals surface area contributed by atoms with Gasteiger partial charge in [0.05, 0.1) is 22.7 Å². The van der Waals surface area contributed by atoms with Crippen molar-refractivity contribution in [2.24, 2.45) is 0 Å². The van der Waals surface area contributed by atoms with E-state index in [1.165, 1.54) is 4.88 Å². The molecule has 0 atom stereocenters. The van der Waals surface area contributed by atoms with Gasteiger partial charge in [0, 0.05) is 4.88 Å². The third kappa shape index (κ3) is 10.3. The van der Waals surface area contributed by atoms with Gasteiger partial charge in [0.25, 0.3) is 20.2 Å². The summed E-state index contributed by atoms with van der Waals surface area (Å²) in [5.41, 5.74) is 3.02. The first kappa shape index (κ1) is 16.4. The lowest BCUT2D eigenvalue weighted by Gasteiger charge is -1.92. The minimum atomic E-state index is -4.30. The molecule has 0 aliphatic heterocycles. The molecule has 7 nitrogen and oxygen atoms in total. The molecule has 2 N–H and O–H groups in total. The number of thiazole rings is 1. The number of aromatic nitrogens is 1. The summed E-state index contributed by atoms with van der Waals surface area (Å²) in [7, 11) is -8.59. The van der Waals surface area contributed by atoms with E-state index in [0.29, 0.717) is 0 Å². The molecule has 0 spiro atoms. The van der Waals surface area contributed by atoms with Crippen molar-refractivity contribution in [3.8, 4) is 0 Å². The highest BCUT2D eigenvalue weighted by molar-refractivity contribution is 7.89. The zero-order chi connectivity index (χ0) is 13.7. The molecule has 1 rings (SSSR count). The molecule has 0 radical (unpaired) electrons. The van der Waals surface area contributed by atoms with Crippen LogP contribution in [-0.4, -0.2) is 42.4 Å². The van der Waals surface area contributed by atoms with E-state index in [1.54, 1.807) is 11.3 Å². The zero-order valence-corrected chi connectivity index (χ0v) is 11.6. The molecule has 100 valence electrons. The Hall–Kier alpha value is -0.550. The van der Waals surface area contributed by atoms with Crippen LogP contribution in [0.1, 0.15) is 10.6 Å². The van der Waals surface area contributed by atoms with Crippen LogP contribution in [0.15, 0.2) is 5.51 Å². The molecule has 17 heavy (non-hydrogen) atoms. The fraction of sp³-hybridized carbons (Fsp3) is 0.571. The number of nitrogens with zero attached hydrogens (tertiary/aromatic N) is 1. The minimum Gasteiger partial charge on any atom is -0.286 e. The zero-order valence-electron chi connectivity index (χ0n) is 9.19. The van der Waals surface area contributed by atoms with Crippen LogP contribution in [-0.2, 0) is 20.2 Å². The molecule has 0 bridgehead atoms. The molecule has 10 heteroatoms. The average Bonchev–Trinajstić information content (AvgIpc) is 2.47. The van der Waals surface area contributed by atoms with Gasteiger partial charge in [-0.25, -0.2) is 4.98 Å². The Morgan fingerprint density at radius 1 is 1.12 bits per heavy atom. The molecular weight excluding hydrogens is 290 g/mol. The predicted octanol–water partition coefficient (Wildman–Crippen LogP) is 0.522. The third-order valence-electron chi connectivity index (χ3n) is 1.58. The Kier molecular flexibility index (Phi) is 6.19. The normalized spacial score (nSPS) is 11.8. The van der Waals surface area contributed by atoms with Crippen LogP contribution < -0.4 is 0 Å². The molecule has 1 aromatic rings. The van der Waals surface area contributed by atoms with Crippen molar-refractivity contribution in [2.45, 2.75) is 13.8 Å². The van der Waals surface area contributed by atoms with Crippen LogP contribution in [0.4, 0.5) is 0 Å². The van der Waals surface area contributed by atoms with Crippen molar-refractivity contribution < 1.29 is 25.9 Å². The van der Waals surface area contributed by atoms with Crippen LogP contribution in [0, 0.1) is 13.8 Å². The molecule has 1 aromatic heterocycles. The molecule has 1 heterocycles. The quantitative estimate of drug-likeness (QED) is 0.780. The van der Waals surface area contributed by atoms with Crippen LogP contribution in [0.5, 0.6) is 0 Å². The van der Waals surface area contributed by atoms with Gasteiger partial charge in [-0.3, -0.25) is 9.11 Å². The van der Waals surface area contributed by atoms with Crippen LogP contribution in [0.25, 0.3) is 0 Å². The smallest absolute Gasteiger partial charge is 0.265 e. The SMILES string of the molecule is Cc1ncsc1C.O=S(=O)(O)CCS(=O)(=O)O. The molecular formula is C7H13NO6S3. The second-order valence-electron chi connectivity index (χ2n) is 3.07. The maximum Gasteiger partial charge on any atom is 0.265 e. The summed E-state index contributed by atoms with van der Waals surface area (Å²) in [6.45, 7) is 4.10. The highest BCUT2D eigenvalue weighted by atomic mass is 32.2. The van der Waals surface area contributed by atoms with Gasteiger partial charge in [0.15, 0.2) is 0 Å².